The predicted octanol–water partition coefficient (Wildman–Crippen LogP) is 3.60. The van der Waals surface area contributed by atoms with Crippen molar-refractivity contribution in [3.05, 3.63) is 29.8 Å². The fourth-order valence-electron chi connectivity index (χ4n) is 2.99. The number of halogens is 2. The van der Waals surface area contributed by atoms with Crippen molar-refractivity contribution < 1.29 is 13.5 Å². The molecular formula is C17H18F2N4OS. The molecule has 2 aliphatic rings. The Kier molecular flexibility index (Phi) is 4.60. The fourth-order valence-corrected chi connectivity index (χ4v) is 3.53. The molecule has 0 N–H and O–H groups in total. The van der Waals surface area contributed by atoms with Crippen LogP contribution in [0, 0.1) is 11.5 Å². The van der Waals surface area contributed by atoms with Crippen LogP contribution in [0.5, 0.6) is 5.75 Å². The number of alkyl halides is 2. The molecule has 25 heavy (non-hydrogen) atoms. The third-order valence-electron chi connectivity index (χ3n) is 3.99. The molecule has 132 valence electrons. The van der Waals surface area contributed by atoms with Crippen molar-refractivity contribution in [2.45, 2.75) is 30.1 Å². The highest BCUT2D eigenvalue weighted by molar-refractivity contribution is 7.99. The Labute approximate surface area is 149 Å². The summed E-state index contributed by atoms with van der Waals surface area (Å²) in [6, 6.07) is 5.06. The maximum atomic E-state index is 12.7. The van der Waals surface area contributed by atoms with E-state index in [1.807, 2.05) is 43.0 Å². The second kappa shape index (κ2) is 6.56. The molecule has 3 rings (SSSR count). The number of fused-ring (bicyclic) bond motifs is 1. The number of rotatable bonds is 3. The molecule has 0 bridgehead atoms. The van der Waals surface area contributed by atoms with E-state index in [-0.39, 0.29) is 0 Å². The van der Waals surface area contributed by atoms with E-state index in [1.54, 1.807) is 18.2 Å². The second-order valence-electron chi connectivity index (χ2n) is 6.36. The number of ether oxygens (including phenoxy) is 1. The Morgan fingerprint density at radius 3 is 2.80 bits per heavy atom. The maximum absolute atomic E-state index is 12.7. The standard InChI is InChI=1S/C17H18F2N4OS/c1-17(2)9-13(23-7-6-22(3)16(23)21-10-20)12-8-11(25-15(18)19)4-5-14(12)24-17/h4-5,8-9,15H,6-7H2,1-3H3. The van der Waals surface area contributed by atoms with E-state index in [1.165, 1.54) is 0 Å². The van der Waals surface area contributed by atoms with Crippen LogP contribution in [0.3, 0.4) is 0 Å². The predicted molar refractivity (Wildman–Crippen MR) is 93.4 cm³/mol. The lowest BCUT2D eigenvalue weighted by Gasteiger charge is -2.34. The van der Waals surface area contributed by atoms with Crippen molar-refractivity contribution >= 4 is 23.4 Å². The molecule has 1 saturated heterocycles. The van der Waals surface area contributed by atoms with Crippen LogP contribution in [-0.2, 0) is 0 Å². The van der Waals surface area contributed by atoms with Gasteiger partial charge in [-0.1, -0.05) is 11.8 Å². The first-order valence-electron chi connectivity index (χ1n) is 7.77. The summed E-state index contributed by atoms with van der Waals surface area (Å²) >= 11 is 0.500. The van der Waals surface area contributed by atoms with Gasteiger partial charge in [0.1, 0.15) is 11.4 Å². The summed E-state index contributed by atoms with van der Waals surface area (Å²) in [4.78, 5) is 8.21. The zero-order valence-electron chi connectivity index (χ0n) is 14.2. The summed E-state index contributed by atoms with van der Waals surface area (Å²) in [6.45, 7) is 5.24. The smallest absolute Gasteiger partial charge is 0.288 e. The summed E-state index contributed by atoms with van der Waals surface area (Å²) in [7, 11) is 1.87. The Morgan fingerprint density at radius 1 is 1.36 bits per heavy atom. The minimum Gasteiger partial charge on any atom is -0.483 e. The first-order chi connectivity index (χ1) is 11.8. The molecule has 0 saturated carbocycles. The van der Waals surface area contributed by atoms with Gasteiger partial charge in [0.05, 0.1) is 5.70 Å². The molecule has 0 atom stereocenters. The first-order valence-corrected chi connectivity index (χ1v) is 8.65. The number of nitriles is 1. The largest absolute Gasteiger partial charge is 0.483 e. The van der Waals surface area contributed by atoms with Gasteiger partial charge in [-0.15, -0.1) is 4.99 Å². The summed E-state index contributed by atoms with van der Waals surface area (Å²) < 4.78 is 31.4. The highest BCUT2D eigenvalue weighted by Gasteiger charge is 2.34. The van der Waals surface area contributed by atoms with Crippen molar-refractivity contribution in [1.29, 1.82) is 5.26 Å². The van der Waals surface area contributed by atoms with Crippen LogP contribution in [0.4, 0.5) is 8.78 Å². The summed E-state index contributed by atoms with van der Waals surface area (Å²) in [5, 5.41) is 8.98. The first kappa shape index (κ1) is 17.5. The number of likely N-dealkylation sites (N-methyl/N-ethyl adjacent to an activating group) is 1. The zero-order chi connectivity index (χ0) is 18.2. The molecule has 2 aliphatic heterocycles. The maximum Gasteiger partial charge on any atom is 0.288 e. The number of benzene rings is 1. The lowest BCUT2D eigenvalue weighted by molar-refractivity contribution is 0.156. The van der Waals surface area contributed by atoms with Gasteiger partial charge < -0.3 is 14.5 Å². The Morgan fingerprint density at radius 2 is 2.12 bits per heavy atom. The van der Waals surface area contributed by atoms with Gasteiger partial charge in [0.2, 0.25) is 12.2 Å². The third kappa shape index (κ3) is 3.56. The summed E-state index contributed by atoms with van der Waals surface area (Å²) in [5.74, 6) is -1.31. The van der Waals surface area contributed by atoms with E-state index in [0.29, 0.717) is 34.9 Å². The average molecular weight is 364 g/mol. The molecular weight excluding hydrogens is 346 g/mol. The Hall–Kier alpha value is -2.27. The van der Waals surface area contributed by atoms with Gasteiger partial charge in [-0.25, -0.2) is 0 Å². The fraction of sp³-hybridized carbons (Fsp3) is 0.412. The molecule has 0 aliphatic carbocycles. The number of aliphatic imine (C=N–C) groups is 1. The van der Waals surface area contributed by atoms with Crippen LogP contribution in [0.25, 0.3) is 5.70 Å². The molecule has 1 aromatic carbocycles. The molecule has 0 aromatic heterocycles. The molecule has 1 aromatic rings. The van der Waals surface area contributed by atoms with E-state index in [0.717, 1.165) is 17.8 Å². The van der Waals surface area contributed by atoms with Gasteiger partial charge in [0.25, 0.3) is 5.76 Å². The van der Waals surface area contributed by atoms with Crippen LogP contribution in [0.1, 0.15) is 19.4 Å². The number of hydrogen-bond donors (Lipinski definition) is 0. The molecule has 5 nitrogen and oxygen atoms in total. The molecule has 8 heteroatoms. The number of thioether (sulfide) groups is 1. The number of nitrogens with zero attached hydrogens (tertiary/aromatic N) is 4. The SMILES string of the molecule is CN1CCN(C2=CC(C)(C)Oc3ccc(SC(F)F)cc32)C1=NC#N. The zero-order valence-corrected chi connectivity index (χ0v) is 15.0. The van der Waals surface area contributed by atoms with Gasteiger partial charge in [0, 0.05) is 30.6 Å². The van der Waals surface area contributed by atoms with Crippen molar-refractivity contribution in [2.75, 3.05) is 20.1 Å². The molecule has 0 amide bonds. The normalized spacial score (nSPS) is 20.4. The Bertz CT molecular complexity index is 785. The van der Waals surface area contributed by atoms with Gasteiger partial charge in [-0.3, -0.25) is 0 Å². The highest BCUT2D eigenvalue weighted by atomic mass is 32.2. The quantitative estimate of drug-likeness (QED) is 0.606. The van der Waals surface area contributed by atoms with E-state index in [9.17, 15) is 8.78 Å². The summed E-state index contributed by atoms with van der Waals surface area (Å²) in [6.07, 6.45) is 3.78. The Balaban J connectivity index is 2.08. The lowest BCUT2D eigenvalue weighted by Crippen LogP contribution is -2.36. The molecule has 2 heterocycles. The van der Waals surface area contributed by atoms with Crippen LogP contribution in [0.15, 0.2) is 34.2 Å². The highest BCUT2D eigenvalue weighted by Crippen LogP contribution is 2.41. The number of hydrogen-bond acceptors (Lipinski definition) is 4. The minimum atomic E-state index is -2.49. The van der Waals surface area contributed by atoms with Crippen LogP contribution in [-0.4, -0.2) is 47.3 Å². The van der Waals surface area contributed by atoms with Crippen LogP contribution >= 0.6 is 11.8 Å². The van der Waals surface area contributed by atoms with Crippen molar-refractivity contribution in [1.82, 2.24) is 9.80 Å². The monoisotopic (exact) mass is 364 g/mol. The average Bonchev–Trinajstić information content (AvgIpc) is 2.87. The van der Waals surface area contributed by atoms with Crippen molar-refractivity contribution in [2.24, 2.45) is 4.99 Å². The van der Waals surface area contributed by atoms with Crippen molar-refractivity contribution in [3.8, 4) is 11.9 Å². The number of guanidine groups is 1. The van der Waals surface area contributed by atoms with Gasteiger partial charge in [0.15, 0.2) is 0 Å². The van der Waals surface area contributed by atoms with Gasteiger partial charge >= 0.3 is 0 Å². The molecule has 1 fully saturated rings. The second-order valence-corrected chi connectivity index (χ2v) is 7.42. The topological polar surface area (TPSA) is 51.9 Å². The van der Waals surface area contributed by atoms with E-state index in [4.69, 9.17) is 10.00 Å². The van der Waals surface area contributed by atoms with E-state index >= 15 is 0 Å². The van der Waals surface area contributed by atoms with Crippen LogP contribution in [0.2, 0.25) is 0 Å². The molecule has 0 spiro atoms. The van der Waals surface area contributed by atoms with Gasteiger partial charge in [-0.2, -0.15) is 14.0 Å². The van der Waals surface area contributed by atoms with Crippen molar-refractivity contribution in [3.63, 3.8) is 0 Å². The molecule has 0 unspecified atom stereocenters. The van der Waals surface area contributed by atoms with Gasteiger partial charge in [-0.05, 0) is 38.1 Å². The molecule has 0 radical (unpaired) electrons. The third-order valence-corrected chi connectivity index (χ3v) is 4.70. The van der Waals surface area contributed by atoms with Crippen LogP contribution < -0.4 is 4.74 Å². The van der Waals surface area contributed by atoms with E-state index < -0.39 is 11.4 Å². The minimum absolute atomic E-state index is 0.467. The van der Waals surface area contributed by atoms with E-state index in [2.05, 4.69) is 4.99 Å². The lowest BCUT2D eigenvalue weighted by atomic mass is 9.98. The summed E-state index contributed by atoms with van der Waals surface area (Å²) in [5.41, 5.74) is 0.991.